The zero-order valence-electron chi connectivity index (χ0n) is 20.7. The molecule has 0 heteroatoms. The van der Waals surface area contributed by atoms with E-state index < -0.39 is 0 Å². The Kier molecular flexibility index (Phi) is 18.6. The van der Waals surface area contributed by atoms with E-state index in [0.29, 0.717) is 0 Å². The second-order valence-corrected chi connectivity index (χ2v) is 9.96. The van der Waals surface area contributed by atoms with Crippen LogP contribution in [0.4, 0.5) is 0 Å². The lowest BCUT2D eigenvalue weighted by molar-refractivity contribution is 0.0934. The maximum absolute atomic E-state index is 2.40. The van der Waals surface area contributed by atoms with Gasteiger partial charge < -0.3 is 0 Å². The molecule has 3 atom stereocenters. The highest BCUT2D eigenvalue weighted by Gasteiger charge is 2.33. The molecule has 0 nitrogen and oxygen atoms in total. The second kappa shape index (κ2) is 17.1. The summed E-state index contributed by atoms with van der Waals surface area (Å²) in [5.41, 5.74) is 0. The van der Waals surface area contributed by atoms with Gasteiger partial charge >= 0.3 is 0 Å². The van der Waals surface area contributed by atoms with Crippen LogP contribution in [-0.4, -0.2) is 0 Å². The van der Waals surface area contributed by atoms with Gasteiger partial charge in [0.15, 0.2) is 0 Å². The minimum atomic E-state index is 0.833. The summed E-state index contributed by atoms with van der Waals surface area (Å²) in [6.07, 6.45) is 11.9. The summed E-state index contributed by atoms with van der Waals surface area (Å²) in [5.74, 6) is 6.95. The molecule has 0 heterocycles. The number of rotatable bonds is 3. The molecule has 0 amide bonds. The highest BCUT2D eigenvalue weighted by Crippen LogP contribution is 2.43. The van der Waals surface area contributed by atoms with Gasteiger partial charge in [0.05, 0.1) is 0 Å². The van der Waals surface area contributed by atoms with Crippen LogP contribution in [0.2, 0.25) is 0 Å². The van der Waals surface area contributed by atoms with E-state index in [2.05, 4.69) is 62.3 Å². The molecule has 0 aliphatic heterocycles. The molecule has 0 spiro atoms. The predicted octanol–water partition coefficient (Wildman–Crippen LogP) is 9.63. The van der Waals surface area contributed by atoms with Crippen LogP contribution in [0.15, 0.2) is 0 Å². The first-order valence-electron chi connectivity index (χ1n) is 12.2. The minimum Gasteiger partial charge on any atom is -0.0683 e. The molecule has 0 saturated heterocycles. The fourth-order valence-electron chi connectivity index (χ4n) is 2.81. The third-order valence-corrected chi connectivity index (χ3v) is 6.11. The summed E-state index contributed by atoms with van der Waals surface area (Å²) >= 11 is 0. The molecule has 0 radical (unpaired) electrons. The highest BCUT2D eigenvalue weighted by molar-refractivity contribution is 4.83. The van der Waals surface area contributed by atoms with Gasteiger partial charge in [-0.05, 0) is 60.7 Å². The average Bonchev–Trinajstić information content (AvgIpc) is 3.09. The molecule has 160 valence electrons. The van der Waals surface area contributed by atoms with Crippen LogP contribution in [0, 0.1) is 41.4 Å². The van der Waals surface area contributed by atoms with Crippen molar-refractivity contribution in [1.29, 1.82) is 0 Å². The van der Waals surface area contributed by atoms with Crippen molar-refractivity contribution in [3.8, 4) is 0 Å². The molecule has 0 aromatic heterocycles. The van der Waals surface area contributed by atoms with Crippen molar-refractivity contribution in [2.45, 2.75) is 128 Å². The van der Waals surface area contributed by atoms with Gasteiger partial charge in [-0.15, -0.1) is 0 Å². The van der Waals surface area contributed by atoms with Gasteiger partial charge in [-0.1, -0.05) is 108 Å². The van der Waals surface area contributed by atoms with E-state index >= 15 is 0 Å². The van der Waals surface area contributed by atoms with E-state index in [4.69, 9.17) is 0 Å². The summed E-state index contributed by atoms with van der Waals surface area (Å²) in [6, 6.07) is 0. The van der Waals surface area contributed by atoms with Gasteiger partial charge in [-0.25, -0.2) is 0 Å². The Morgan fingerprint density at radius 1 is 0.654 bits per heavy atom. The third kappa shape index (κ3) is 16.2. The average molecular weight is 369 g/mol. The minimum absolute atomic E-state index is 0.833. The monoisotopic (exact) mass is 368 g/mol. The summed E-state index contributed by atoms with van der Waals surface area (Å²) in [5, 5.41) is 0. The van der Waals surface area contributed by atoms with Crippen LogP contribution in [0.1, 0.15) is 128 Å². The molecule has 3 saturated carbocycles. The van der Waals surface area contributed by atoms with Crippen LogP contribution < -0.4 is 0 Å². The first kappa shape index (κ1) is 28.2. The Bertz CT molecular complexity index is 255. The van der Waals surface area contributed by atoms with Crippen molar-refractivity contribution in [3.05, 3.63) is 0 Å². The third-order valence-electron chi connectivity index (χ3n) is 6.11. The van der Waals surface area contributed by atoms with E-state index in [9.17, 15) is 0 Å². The Balaban J connectivity index is 0. The molecule has 0 aromatic rings. The van der Waals surface area contributed by atoms with E-state index in [0.717, 1.165) is 41.4 Å². The van der Waals surface area contributed by atoms with Crippen LogP contribution in [0.3, 0.4) is 0 Å². The van der Waals surface area contributed by atoms with Gasteiger partial charge in [0.2, 0.25) is 0 Å². The Labute approximate surface area is 169 Å². The van der Waals surface area contributed by atoms with Crippen molar-refractivity contribution in [3.63, 3.8) is 0 Å². The molecule has 3 unspecified atom stereocenters. The topological polar surface area (TPSA) is 0 Å². The van der Waals surface area contributed by atoms with Crippen molar-refractivity contribution in [2.75, 3.05) is 0 Å². The maximum Gasteiger partial charge on any atom is -0.0383 e. The summed E-state index contributed by atoms with van der Waals surface area (Å²) < 4.78 is 0. The van der Waals surface area contributed by atoms with E-state index in [1.54, 1.807) is 0 Å². The van der Waals surface area contributed by atoms with E-state index in [-0.39, 0.29) is 0 Å². The zero-order chi connectivity index (χ0) is 20.7. The van der Waals surface area contributed by atoms with Crippen LogP contribution in [-0.2, 0) is 0 Å². The Morgan fingerprint density at radius 3 is 1.12 bits per heavy atom. The van der Waals surface area contributed by atoms with E-state index in [1.165, 1.54) is 51.4 Å². The molecule has 0 aromatic carbocycles. The highest BCUT2D eigenvalue weighted by atomic mass is 14.4. The quantitative estimate of drug-likeness (QED) is 0.465. The van der Waals surface area contributed by atoms with Gasteiger partial charge in [-0.3, -0.25) is 0 Å². The molecule has 3 aliphatic carbocycles. The van der Waals surface area contributed by atoms with Crippen molar-refractivity contribution >= 4 is 0 Å². The second-order valence-electron chi connectivity index (χ2n) is 9.96. The molecular formula is C26H56. The molecule has 0 bridgehead atoms. The molecule has 3 aliphatic rings. The molecule has 3 rings (SSSR count). The van der Waals surface area contributed by atoms with E-state index in [1.807, 2.05) is 13.8 Å². The lowest BCUT2D eigenvalue weighted by Crippen LogP contribution is -2.31. The fourth-order valence-corrected chi connectivity index (χ4v) is 2.81. The molecule has 26 heavy (non-hydrogen) atoms. The molecular weight excluding hydrogens is 312 g/mol. The lowest BCUT2D eigenvalue weighted by atomic mass is 9.64. The number of hydrogen-bond acceptors (Lipinski definition) is 0. The maximum atomic E-state index is 2.40. The largest absolute Gasteiger partial charge is 0.0683 e. The van der Waals surface area contributed by atoms with Crippen LogP contribution >= 0.6 is 0 Å². The zero-order valence-corrected chi connectivity index (χ0v) is 20.7. The Morgan fingerprint density at radius 2 is 0.962 bits per heavy atom. The summed E-state index contributed by atoms with van der Waals surface area (Å²) in [7, 11) is 0. The summed E-state index contributed by atoms with van der Waals surface area (Å²) in [4.78, 5) is 0. The summed E-state index contributed by atoms with van der Waals surface area (Å²) in [6.45, 7) is 24.5. The first-order valence-corrected chi connectivity index (χ1v) is 12.2. The first-order chi connectivity index (χ1) is 12.2. The molecule has 0 N–H and O–H groups in total. The van der Waals surface area contributed by atoms with Gasteiger partial charge in [0, 0.05) is 0 Å². The SMILES string of the molecule is C1CCC1.CC.CC(C)C.CC1CC1C.CCC(C)C1CC(C(C)C)C1. The predicted molar refractivity (Wildman–Crippen MR) is 124 cm³/mol. The fraction of sp³-hybridized carbons (Fsp3) is 1.00. The molecule has 3 fully saturated rings. The van der Waals surface area contributed by atoms with Gasteiger partial charge in [0.1, 0.15) is 0 Å². The standard InChI is InChI=1S/C11H22.C5H10.C4H8.C4H10.C2H6/c1-5-9(4)11-6-10(7-11)8(2)3;1-4-3-5(4)2;1-2-4-3-1;1-4(2)3;1-2/h8-11H,5-7H2,1-4H3;4-5H,3H2,1-2H3;1-4H2;4H,1-3H3;1-2H3. The lowest BCUT2D eigenvalue weighted by Gasteiger charge is -2.41. The van der Waals surface area contributed by atoms with Crippen molar-refractivity contribution < 1.29 is 0 Å². The Hall–Kier alpha value is 0. The normalized spacial score (nSPS) is 29.0. The van der Waals surface area contributed by atoms with Crippen molar-refractivity contribution in [2.24, 2.45) is 41.4 Å². The van der Waals surface area contributed by atoms with Crippen LogP contribution in [0.5, 0.6) is 0 Å². The van der Waals surface area contributed by atoms with Gasteiger partial charge in [0.25, 0.3) is 0 Å². The van der Waals surface area contributed by atoms with Crippen LogP contribution in [0.25, 0.3) is 0 Å². The smallest absolute Gasteiger partial charge is 0.0383 e. The van der Waals surface area contributed by atoms with Gasteiger partial charge in [-0.2, -0.15) is 0 Å². The number of hydrogen-bond donors (Lipinski definition) is 0. The van der Waals surface area contributed by atoms with Crippen molar-refractivity contribution in [1.82, 2.24) is 0 Å².